The molecule has 0 bridgehead atoms. The van der Waals surface area contributed by atoms with Crippen LogP contribution in [-0.2, 0) is 10.1 Å². The summed E-state index contributed by atoms with van der Waals surface area (Å²) in [6, 6.07) is 5.78. The molecular formula is C19H34N2O3S. The van der Waals surface area contributed by atoms with Gasteiger partial charge in [0.25, 0.3) is 0 Å². The third kappa shape index (κ3) is 11.1. The summed E-state index contributed by atoms with van der Waals surface area (Å²) in [6.07, 6.45) is 7.68. The van der Waals surface area contributed by atoms with Crippen LogP contribution in [0.4, 0.5) is 0 Å². The highest BCUT2D eigenvalue weighted by atomic mass is 32.2. The molecule has 0 saturated heterocycles. The normalized spacial score (nSPS) is 11.6. The van der Waals surface area contributed by atoms with E-state index < -0.39 is 10.1 Å². The molecule has 0 atom stereocenters. The number of quaternary nitrogens is 1. The average molecular weight is 371 g/mol. The molecule has 0 heterocycles. The summed E-state index contributed by atoms with van der Waals surface area (Å²) in [7, 11) is -1.93. The highest BCUT2D eigenvalue weighted by Gasteiger charge is 2.18. The first kappa shape index (κ1) is 23.8. The van der Waals surface area contributed by atoms with E-state index in [1.165, 1.54) is 50.9 Å². The Morgan fingerprint density at radius 1 is 1.04 bits per heavy atom. The van der Waals surface area contributed by atoms with Gasteiger partial charge in [0.15, 0.2) is 0 Å². The monoisotopic (exact) mass is 370 g/mol. The largest absolute Gasteiger partial charge is 0.744 e. The van der Waals surface area contributed by atoms with Gasteiger partial charge in [0.2, 0.25) is 0 Å². The molecule has 0 amide bonds. The fraction of sp³-hybridized carbons (Fsp3) is 0.632. The highest BCUT2D eigenvalue weighted by molar-refractivity contribution is 7.85. The van der Waals surface area contributed by atoms with Crippen molar-refractivity contribution in [3.05, 3.63) is 29.8 Å². The van der Waals surface area contributed by atoms with Gasteiger partial charge in [-0.15, -0.1) is 0 Å². The van der Waals surface area contributed by atoms with Crippen molar-refractivity contribution in [1.82, 2.24) is 0 Å². The van der Waals surface area contributed by atoms with Gasteiger partial charge in [-0.25, -0.2) is 8.42 Å². The SMILES string of the molecule is CCCC[N+](C)(CCC=N)CCCC.Cc1ccc(S(=O)(=O)[O-])cc1. The highest BCUT2D eigenvalue weighted by Crippen LogP contribution is 2.09. The molecule has 0 aliphatic heterocycles. The Labute approximate surface area is 153 Å². The standard InChI is InChI=1S/C12H27N2.C7H8O3S/c1-4-6-10-14(3,11-7-5-2)12-8-9-13;1-6-2-4-7(5-3-6)11(8,9)10/h9,13H,4-8,10-12H2,1-3H3;2-5H,1H3,(H,8,9,10)/q+1;/p-1. The predicted molar refractivity (Wildman–Crippen MR) is 103 cm³/mol. The van der Waals surface area contributed by atoms with Gasteiger partial charge in [-0.1, -0.05) is 44.4 Å². The van der Waals surface area contributed by atoms with Crippen molar-refractivity contribution in [3.63, 3.8) is 0 Å². The second kappa shape index (κ2) is 12.2. The lowest BCUT2D eigenvalue weighted by Gasteiger charge is -2.34. The zero-order chi connectivity index (χ0) is 19.3. The van der Waals surface area contributed by atoms with Crippen LogP contribution < -0.4 is 0 Å². The van der Waals surface area contributed by atoms with Crippen LogP contribution in [0.2, 0.25) is 0 Å². The summed E-state index contributed by atoms with van der Waals surface area (Å²) in [5.41, 5.74) is 0.928. The number of unbranched alkanes of at least 4 members (excludes halogenated alkanes) is 2. The first-order valence-electron chi connectivity index (χ1n) is 9.03. The van der Waals surface area contributed by atoms with Crippen molar-refractivity contribution in [1.29, 1.82) is 5.41 Å². The quantitative estimate of drug-likeness (QED) is 0.384. The van der Waals surface area contributed by atoms with Crippen LogP contribution in [0.5, 0.6) is 0 Å². The molecule has 6 heteroatoms. The minimum absolute atomic E-state index is 0.178. The van der Waals surface area contributed by atoms with Gasteiger partial charge in [0, 0.05) is 12.6 Å². The Kier molecular flexibility index (Phi) is 11.6. The zero-order valence-corrected chi connectivity index (χ0v) is 16.9. The van der Waals surface area contributed by atoms with Crippen LogP contribution >= 0.6 is 0 Å². The summed E-state index contributed by atoms with van der Waals surface area (Å²) in [4.78, 5) is -0.178. The van der Waals surface area contributed by atoms with Crippen molar-refractivity contribution in [2.75, 3.05) is 26.7 Å². The van der Waals surface area contributed by atoms with Gasteiger partial charge >= 0.3 is 0 Å². The smallest absolute Gasteiger partial charge is 0.124 e. The number of hydrogen-bond acceptors (Lipinski definition) is 4. The van der Waals surface area contributed by atoms with E-state index in [1.54, 1.807) is 18.3 Å². The lowest BCUT2D eigenvalue weighted by molar-refractivity contribution is -0.909. The maximum atomic E-state index is 10.4. The third-order valence-electron chi connectivity index (χ3n) is 4.23. The molecule has 1 N–H and O–H groups in total. The molecule has 0 aromatic heterocycles. The lowest BCUT2D eigenvalue weighted by atomic mass is 10.2. The van der Waals surface area contributed by atoms with Crippen LogP contribution in [0.1, 0.15) is 51.5 Å². The zero-order valence-electron chi connectivity index (χ0n) is 16.1. The number of nitrogens with one attached hydrogen (secondary N) is 1. The Morgan fingerprint density at radius 3 is 1.88 bits per heavy atom. The molecule has 144 valence electrons. The molecule has 0 aliphatic rings. The minimum atomic E-state index is -4.27. The van der Waals surface area contributed by atoms with Crippen LogP contribution in [-0.4, -0.2) is 50.4 Å². The van der Waals surface area contributed by atoms with Crippen LogP contribution in [0.3, 0.4) is 0 Å². The fourth-order valence-corrected chi connectivity index (χ4v) is 2.97. The third-order valence-corrected chi connectivity index (χ3v) is 5.08. The van der Waals surface area contributed by atoms with E-state index in [2.05, 4.69) is 20.9 Å². The molecule has 0 radical (unpaired) electrons. The molecule has 1 aromatic carbocycles. The first-order chi connectivity index (χ1) is 11.7. The van der Waals surface area contributed by atoms with E-state index in [-0.39, 0.29) is 4.90 Å². The van der Waals surface area contributed by atoms with Gasteiger partial charge < -0.3 is 14.4 Å². The van der Waals surface area contributed by atoms with Crippen molar-refractivity contribution >= 4 is 16.3 Å². The average Bonchev–Trinajstić information content (AvgIpc) is 2.57. The molecule has 0 saturated carbocycles. The number of hydrogen-bond donors (Lipinski definition) is 1. The van der Waals surface area contributed by atoms with Crippen LogP contribution in [0.25, 0.3) is 0 Å². The van der Waals surface area contributed by atoms with E-state index in [0.29, 0.717) is 0 Å². The van der Waals surface area contributed by atoms with Crippen molar-refractivity contribution in [3.8, 4) is 0 Å². The molecule has 25 heavy (non-hydrogen) atoms. The Morgan fingerprint density at radius 2 is 1.52 bits per heavy atom. The molecule has 0 aliphatic carbocycles. The van der Waals surface area contributed by atoms with Gasteiger partial charge in [0.05, 0.1) is 31.6 Å². The van der Waals surface area contributed by atoms with Gasteiger partial charge in [-0.3, -0.25) is 0 Å². The van der Waals surface area contributed by atoms with Crippen LogP contribution in [0, 0.1) is 12.3 Å². The molecule has 0 unspecified atom stereocenters. The molecular weight excluding hydrogens is 336 g/mol. The number of aryl methyl sites for hydroxylation is 1. The van der Waals surface area contributed by atoms with Crippen molar-refractivity contribution in [2.45, 2.75) is 57.8 Å². The van der Waals surface area contributed by atoms with Crippen molar-refractivity contribution < 1.29 is 17.5 Å². The maximum Gasteiger partial charge on any atom is 0.124 e. The summed E-state index contributed by atoms with van der Waals surface area (Å²) < 4.78 is 32.3. The van der Waals surface area contributed by atoms with E-state index in [1.807, 2.05) is 6.92 Å². The lowest BCUT2D eigenvalue weighted by Crippen LogP contribution is -2.46. The fourth-order valence-electron chi connectivity index (χ4n) is 2.50. The minimum Gasteiger partial charge on any atom is -0.744 e. The maximum absolute atomic E-state index is 10.4. The van der Waals surface area contributed by atoms with Gasteiger partial charge in [0.1, 0.15) is 10.1 Å². The molecule has 0 fully saturated rings. The Balaban J connectivity index is 0.000000472. The predicted octanol–water partition coefficient (Wildman–Crippen LogP) is 3.97. The topological polar surface area (TPSA) is 81.0 Å². The van der Waals surface area contributed by atoms with E-state index >= 15 is 0 Å². The summed E-state index contributed by atoms with van der Waals surface area (Å²) in [5, 5.41) is 7.10. The first-order valence-corrected chi connectivity index (χ1v) is 10.4. The second-order valence-electron chi connectivity index (χ2n) is 6.76. The Hall–Kier alpha value is -1.24. The summed E-state index contributed by atoms with van der Waals surface area (Å²) >= 11 is 0. The molecule has 0 spiro atoms. The Bertz CT molecular complexity index is 575. The van der Waals surface area contributed by atoms with Crippen molar-refractivity contribution in [2.24, 2.45) is 0 Å². The van der Waals surface area contributed by atoms with Gasteiger partial charge in [-0.05, 0) is 31.9 Å². The number of nitrogens with zero attached hydrogens (tertiary/aromatic N) is 1. The van der Waals surface area contributed by atoms with E-state index in [0.717, 1.165) is 23.0 Å². The summed E-state index contributed by atoms with van der Waals surface area (Å²) in [6.45, 7) is 10.0. The second-order valence-corrected chi connectivity index (χ2v) is 8.14. The summed E-state index contributed by atoms with van der Waals surface area (Å²) in [5.74, 6) is 0. The number of benzene rings is 1. The van der Waals surface area contributed by atoms with E-state index in [4.69, 9.17) is 5.41 Å². The van der Waals surface area contributed by atoms with Crippen LogP contribution in [0.15, 0.2) is 29.2 Å². The van der Waals surface area contributed by atoms with E-state index in [9.17, 15) is 13.0 Å². The molecule has 5 nitrogen and oxygen atoms in total. The molecule has 1 rings (SSSR count). The number of rotatable bonds is 10. The van der Waals surface area contributed by atoms with Gasteiger partial charge in [-0.2, -0.15) is 0 Å². The molecule has 1 aromatic rings.